The van der Waals surface area contributed by atoms with Gasteiger partial charge in [-0.15, -0.1) is 0 Å². The Morgan fingerprint density at radius 1 is 1.37 bits per heavy atom. The smallest absolute Gasteiger partial charge is 0.339 e. The Kier molecular flexibility index (Phi) is 3.03. The first-order valence-corrected chi connectivity index (χ1v) is 6.35. The van der Waals surface area contributed by atoms with E-state index in [0.29, 0.717) is 19.6 Å². The number of benzene rings is 1. The van der Waals surface area contributed by atoms with Crippen LogP contribution in [0.1, 0.15) is 12.0 Å². The van der Waals surface area contributed by atoms with Crippen LogP contribution >= 0.6 is 0 Å². The molecule has 100 valence electrons. The molecule has 1 heterocycles. The topological polar surface area (TPSA) is 44.8 Å². The molecule has 1 aliphatic heterocycles. The van der Waals surface area contributed by atoms with Gasteiger partial charge in [-0.05, 0) is 17.7 Å². The van der Waals surface area contributed by atoms with Crippen molar-refractivity contribution in [1.82, 2.24) is 0 Å². The lowest BCUT2D eigenvalue weighted by atomic mass is 9.93. The third-order valence-electron chi connectivity index (χ3n) is 3.78. The predicted molar refractivity (Wildman–Crippen MR) is 68.7 cm³/mol. The van der Waals surface area contributed by atoms with Crippen LogP contribution in [0.5, 0.6) is 5.75 Å². The first kappa shape index (κ1) is 12.2. The SMILES string of the molecule is COc1ccc(CO[C@]23CC=C[C@H]2COC3=O)cc1. The Morgan fingerprint density at radius 2 is 2.16 bits per heavy atom. The summed E-state index contributed by atoms with van der Waals surface area (Å²) < 4.78 is 16.1. The van der Waals surface area contributed by atoms with E-state index in [1.165, 1.54) is 0 Å². The van der Waals surface area contributed by atoms with Gasteiger partial charge in [0.2, 0.25) is 0 Å². The number of hydrogen-bond donors (Lipinski definition) is 0. The van der Waals surface area contributed by atoms with Gasteiger partial charge in [-0.3, -0.25) is 0 Å². The molecule has 1 fully saturated rings. The molecule has 2 aliphatic rings. The zero-order valence-electron chi connectivity index (χ0n) is 10.8. The molecular weight excluding hydrogens is 244 g/mol. The van der Waals surface area contributed by atoms with E-state index in [-0.39, 0.29) is 11.9 Å². The Morgan fingerprint density at radius 3 is 2.89 bits per heavy atom. The molecule has 0 amide bonds. The Labute approximate surface area is 112 Å². The minimum atomic E-state index is -0.792. The summed E-state index contributed by atoms with van der Waals surface area (Å²) in [5.74, 6) is 0.622. The largest absolute Gasteiger partial charge is 0.497 e. The van der Waals surface area contributed by atoms with Crippen molar-refractivity contribution < 1.29 is 19.0 Å². The highest BCUT2D eigenvalue weighted by Crippen LogP contribution is 2.40. The third kappa shape index (κ3) is 2.02. The molecule has 0 saturated carbocycles. The van der Waals surface area contributed by atoms with Gasteiger partial charge in [-0.25, -0.2) is 4.79 Å². The lowest BCUT2D eigenvalue weighted by Gasteiger charge is -2.24. The highest BCUT2D eigenvalue weighted by molar-refractivity contribution is 5.83. The molecular formula is C15H16O4. The minimum Gasteiger partial charge on any atom is -0.497 e. The second kappa shape index (κ2) is 4.70. The maximum absolute atomic E-state index is 11.9. The van der Waals surface area contributed by atoms with Gasteiger partial charge in [0, 0.05) is 6.42 Å². The number of methoxy groups -OCH3 is 1. The summed E-state index contributed by atoms with van der Waals surface area (Å²) >= 11 is 0. The molecule has 4 nitrogen and oxygen atoms in total. The van der Waals surface area contributed by atoms with E-state index >= 15 is 0 Å². The first-order chi connectivity index (χ1) is 9.24. The Balaban J connectivity index is 1.69. The second-order valence-corrected chi connectivity index (χ2v) is 4.86. The highest BCUT2D eigenvalue weighted by Gasteiger charge is 2.54. The van der Waals surface area contributed by atoms with E-state index < -0.39 is 5.60 Å². The number of rotatable bonds is 4. The van der Waals surface area contributed by atoms with Gasteiger partial charge in [0.1, 0.15) is 12.4 Å². The first-order valence-electron chi connectivity index (χ1n) is 6.35. The average Bonchev–Trinajstić information content (AvgIpc) is 2.98. The maximum Gasteiger partial charge on any atom is 0.339 e. The molecule has 0 unspecified atom stereocenters. The van der Waals surface area contributed by atoms with Crippen LogP contribution in [-0.2, 0) is 20.9 Å². The molecule has 1 saturated heterocycles. The van der Waals surface area contributed by atoms with Crippen molar-refractivity contribution in [2.45, 2.75) is 18.6 Å². The number of hydrogen-bond acceptors (Lipinski definition) is 4. The molecule has 0 spiro atoms. The Hall–Kier alpha value is -1.81. The van der Waals surface area contributed by atoms with Crippen molar-refractivity contribution in [2.75, 3.05) is 13.7 Å². The quantitative estimate of drug-likeness (QED) is 0.614. The molecule has 1 aromatic carbocycles. The summed E-state index contributed by atoms with van der Waals surface area (Å²) in [6.45, 7) is 0.829. The monoisotopic (exact) mass is 260 g/mol. The van der Waals surface area contributed by atoms with Gasteiger partial charge in [0.05, 0.1) is 19.6 Å². The van der Waals surface area contributed by atoms with E-state index in [4.69, 9.17) is 14.2 Å². The van der Waals surface area contributed by atoms with Crippen molar-refractivity contribution in [3.63, 3.8) is 0 Å². The van der Waals surface area contributed by atoms with Crippen LogP contribution in [0, 0.1) is 5.92 Å². The Bertz CT molecular complexity index is 505. The van der Waals surface area contributed by atoms with Gasteiger partial charge < -0.3 is 14.2 Å². The summed E-state index contributed by atoms with van der Waals surface area (Å²) in [4.78, 5) is 11.9. The zero-order valence-corrected chi connectivity index (χ0v) is 10.8. The lowest BCUT2D eigenvalue weighted by Crippen LogP contribution is -2.40. The fraction of sp³-hybridized carbons (Fsp3) is 0.400. The van der Waals surface area contributed by atoms with Crippen molar-refractivity contribution in [3.8, 4) is 5.75 Å². The standard InChI is InChI=1S/C15H16O4/c1-17-13-6-4-11(5-7-13)9-19-15-8-2-3-12(15)10-18-14(15)16/h2-7,12H,8-10H2,1H3/t12-,15+/m0/s1. The predicted octanol–water partition coefficient (Wildman–Crippen LogP) is 2.08. The second-order valence-electron chi connectivity index (χ2n) is 4.86. The molecule has 1 aliphatic carbocycles. The molecule has 1 aromatic rings. The minimum absolute atomic E-state index is 0.0539. The molecule has 4 heteroatoms. The van der Waals surface area contributed by atoms with Gasteiger partial charge in [0.25, 0.3) is 0 Å². The van der Waals surface area contributed by atoms with E-state index in [0.717, 1.165) is 11.3 Å². The van der Waals surface area contributed by atoms with Crippen LogP contribution < -0.4 is 4.74 Å². The van der Waals surface area contributed by atoms with Crippen LogP contribution in [0.2, 0.25) is 0 Å². The number of esters is 1. The van der Waals surface area contributed by atoms with E-state index in [1.807, 2.05) is 36.4 Å². The van der Waals surface area contributed by atoms with Gasteiger partial charge in [-0.1, -0.05) is 24.3 Å². The molecule has 19 heavy (non-hydrogen) atoms. The fourth-order valence-corrected chi connectivity index (χ4v) is 2.59. The van der Waals surface area contributed by atoms with Crippen molar-refractivity contribution in [1.29, 1.82) is 0 Å². The van der Waals surface area contributed by atoms with E-state index in [9.17, 15) is 4.79 Å². The van der Waals surface area contributed by atoms with E-state index in [1.54, 1.807) is 7.11 Å². The summed E-state index contributed by atoms with van der Waals surface area (Å²) in [7, 11) is 1.63. The average molecular weight is 260 g/mol. The summed E-state index contributed by atoms with van der Waals surface area (Å²) in [6, 6.07) is 7.64. The zero-order chi connectivity index (χ0) is 13.3. The van der Waals surface area contributed by atoms with Crippen LogP contribution in [0.25, 0.3) is 0 Å². The molecule has 2 atom stereocenters. The molecule has 0 aromatic heterocycles. The van der Waals surface area contributed by atoms with Crippen LogP contribution in [-0.4, -0.2) is 25.3 Å². The maximum atomic E-state index is 11.9. The third-order valence-corrected chi connectivity index (χ3v) is 3.78. The number of ether oxygens (including phenoxy) is 3. The summed E-state index contributed by atoms with van der Waals surface area (Å²) in [6.07, 6.45) is 4.62. The molecule has 0 bridgehead atoms. The fourth-order valence-electron chi connectivity index (χ4n) is 2.59. The van der Waals surface area contributed by atoms with Gasteiger partial charge >= 0.3 is 5.97 Å². The lowest BCUT2D eigenvalue weighted by molar-refractivity contribution is -0.160. The van der Waals surface area contributed by atoms with Crippen molar-refractivity contribution in [3.05, 3.63) is 42.0 Å². The van der Waals surface area contributed by atoms with E-state index in [2.05, 4.69) is 0 Å². The molecule has 3 rings (SSSR count). The number of cyclic esters (lactones) is 1. The van der Waals surface area contributed by atoms with Gasteiger partial charge in [-0.2, -0.15) is 0 Å². The van der Waals surface area contributed by atoms with Crippen molar-refractivity contribution in [2.24, 2.45) is 5.92 Å². The van der Waals surface area contributed by atoms with Crippen molar-refractivity contribution >= 4 is 5.97 Å². The summed E-state index contributed by atoms with van der Waals surface area (Å²) in [5, 5.41) is 0. The summed E-state index contributed by atoms with van der Waals surface area (Å²) in [5.41, 5.74) is 0.223. The normalized spacial score (nSPS) is 28.3. The number of fused-ring (bicyclic) bond motifs is 1. The van der Waals surface area contributed by atoms with Gasteiger partial charge in [0.15, 0.2) is 5.60 Å². The van der Waals surface area contributed by atoms with Crippen LogP contribution in [0.15, 0.2) is 36.4 Å². The molecule has 0 radical (unpaired) electrons. The van der Waals surface area contributed by atoms with Crippen LogP contribution in [0.3, 0.4) is 0 Å². The molecule has 0 N–H and O–H groups in total. The number of carbonyl (C=O) groups is 1. The highest BCUT2D eigenvalue weighted by atomic mass is 16.6. The number of carbonyl (C=O) groups excluding carboxylic acids is 1. The van der Waals surface area contributed by atoms with Crippen LogP contribution in [0.4, 0.5) is 0 Å².